The number of halogens is 1. The highest BCUT2D eigenvalue weighted by molar-refractivity contribution is 9.09. The van der Waals surface area contributed by atoms with Gasteiger partial charge in [0.25, 0.3) is 0 Å². The molecule has 2 aromatic carbocycles. The summed E-state index contributed by atoms with van der Waals surface area (Å²) in [5.74, 6) is 0.0212. The van der Waals surface area contributed by atoms with Gasteiger partial charge in [-0.15, -0.1) is 0 Å². The van der Waals surface area contributed by atoms with E-state index in [-0.39, 0.29) is 18.1 Å². The Bertz CT molecular complexity index is 613. The van der Waals surface area contributed by atoms with Crippen LogP contribution in [0.3, 0.4) is 0 Å². The zero-order valence-electron chi connectivity index (χ0n) is 11.7. The van der Waals surface area contributed by atoms with Crippen molar-refractivity contribution in [2.24, 2.45) is 0 Å². The predicted octanol–water partition coefficient (Wildman–Crippen LogP) is 3.90. The molecule has 3 nitrogen and oxygen atoms in total. The van der Waals surface area contributed by atoms with Gasteiger partial charge < -0.3 is 10.4 Å². The summed E-state index contributed by atoms with van der Waals surface area (Å²) < 4.78 is 0. The smallest absolute Gasteiger partial charge is 0.228 e. The van der Waals surface area contributed by atoms with E-state index < -0.39 is 0 Å². The lowest BCUT2D eigenvalue weighted by atomic mass is 10.1. The largest absolute Gasteiger partial charge is 0.508 e. The van der Waals surface area contributed by atoms with Crippen LogP contribution in [0.25, 0.3) is 0 Å². The van der Waals surface area contributed by atoms with Crippen LogP contribution >= 0.6 is 15.9 Å². The zero-order valence-corrected chi connectivity index (χ0v) is 13.3. The van der Waals surface area contributed by atoms with Gasteiger partial charge >= 0.3 is 0 Å². The van der Waals surface area contributed by atoms with E-state index in [0.717, 1.165) is 23.9 Å². The van der Waals surface area contributed by atoms with Gasteiger partial charge in [0.15, 0.2) is 0 Å². The van der Waals surface area contributed by atoms with Crippen LogP contribution in [-0.2, 0) is 17.6 Å². The maximum Gasteiger partial charge on any atom is 0.228 e. The van der Waals surface area contributed by atoms with Crippen molar-refractivity contribution in [3.8, 4) is 5.75 Å². The molecule has 0 aliphatic rings. The van der Waals surface area contributed by atoms with Gasteiger partial charge in [0.1, 0.15) is 5.75 Å². The van der Waals surface area contributed by atoms with Crippen molar-refractivity contribution >= 4 is 27.5 Å². The Labute approximate surface area is 133 Å². The van der Waals surface area contributed by atoms with Crippen molar-refractivity contribution in [3.05, 3.63) is 59.7 Å². The number of nitrogens with one attached hydrogen (secondary N) is 1. The minimum atomic E-state index is -0.130. The number of anilines is 1. The molecule has 0 aliphatic heterocycles. The lowest BCUT2D eigenvalue weighted by molar-refractivity contribution is -0.115. The normalized spacial score (nSPS) is 10.3. The Hall–Kier alpha value is -1.81. The minimum absolute atomic E-state index is 0.130. The highest BCUT2D eigenvalue weighted by Gasteiger charge is 2.07. The SMILES string of the molecule is O=C(Cc1ccccc1O)Nc1cccc(CCCBr)c1. The maximum absolute atomic E-state index is 12.0. The Balaban J connectivity index is 1.98. The molecular weight excluding hydrogens is 330 g/mol. The van der Waals surface area contributed by atoms with Crippen molar-refractivity contribution in [1.82, 2.24) is 0 Å². The summed E-state index contributed by atoms with van der Waals surface area (Å²) in [6.07, 6.45) is 2.21. The fraction of sp³-hybridized carbons (Fsp3) is 0.235. The standard InChI is InChI=1S/C17H18BrNO2/c18-10-4-6-13-5-3-8-15(11-13)19-17(21)12-14-7-1-2-9-16(14)20/h1-3,5,7-9,11,20H,4,6,10,12H2,(H,19,21). The molecule has 0 spiro atoms. The molecule has 0 saturated carbocycles. The minimum Gasteiger partial charge on any atom is -0.508 e. The quantitative estimate of drug-likeness (QED) is 0.778. The van der Waals surface area contributed by atoms with Crippen LogP contribution in [0.4, 0.5) is 5.69 Å². The number of alkyl halides is 1. The van der Waals surface area contributed by atoms with Crippen LogP contribution in [0.15, 0.2) is 48.5 Å². The summed E-state index contributed by atoms with van der Waals surface area (Å²) in [4.78, 5) is 12.0. The topological polar surface area (TPSA) is 49.3 Å². The first-order valence-electron chi connectivity index (χ1n) is 6.90. The number of rotatable bonds is 6. The predicted molar refractivity (Wildman–Crippen MR) is 89.0 cm³/mol. The first-order valence-corrected chi connectivity index (χ1v) is 8.03. The summed E-state index contributed by atoms with van der Waals surface area (Å²) in [5, 5.41) is 13.5. The van der Waals surface area contributed by atoms with E-state index in [0.29, 0.717) is 5.56 Å². The van der Waals surface area contributed by atoms with Gasteiger partial charge in [0.05, 0.1) is 6.42 Å². The van der Waals surface area contributed by atoms with E-state index in [2.05, 4.69) is 27.3 Å². The summed E-state index contributed by atoms with van der Waals surface area (Å²) in [7, 11) is 0. The van der Waals surface area contributed by atoms with Gasteiger partial charge in [-0.25, -0.2) is 0 Å². The third kappa shape index (κ3) is 4.90. The third-order valence-corrected chi connectivity index (χ3v) is 3.71. The fourth-order valence-corrected chi connectivity index (χ4v) is 2.39. The number of benzene rings is 2. The van der Waals surface area contributed by atoms with Crippen molar-refractivity contribution in [3.63, 3.8) is 0 Å². The molecule has 110 valence electrons. The van der Waals surface area contributed by atoms with Gasteiger partial charge in [-0.3, -0.25) is 4.79 Å². The van der Waals surface area contributed by atoms with E-state index in [1.54, 1.807) is 18.2 Å². The molecule has 0 aliphatic carbocycles. The van der Waals surface area contributed by atoms with Crippen LogP contribution in [0.1, 0.15) is 17.5 Å². The Morgan fingerprint density at radius 2 is 1.95 bits per heavy atom. The number of amides is 1. The molecular formula is C17H18BrNO2. The van der Waals surface area contributed by atoms with Crippen LogP contribution in [-0.4, -0.2) is 16.3 Å². The highest BCUT2D eigenvalue weighted by Crippen LogP contribution is 2.17. The average Bonchev–Trinajstić information content (AvgIpc) is 2.48. The third-order valence-electron chi connectivity index (χ3n) is 3.15. The van der Waals surface area contributed by atoms with Crippen molar-refractivity contribution in [2.75, 3.05) is 10.6 Å². The van der Waals surface area contributed by atoms with Crippen molar-refractivity contribution < 1.29 is 9.90 Å². The summed E-state index contributed by atoms with van der Waals surface area (Å²) in [6.45, 7) is 0. The molecule has 0 atom stereocenters. The summed E-state index contributed by atoms with van der Waals surface area (Å²) in [5.41, 5.74) is 2.63. The van der Waals surface area contributed by atoms with Crippen LogP contribution < -0.4 is 5.32 Å². The molecule has 2 rings (SSSR count). The molecule has 0 aromatic heterocycles. The number of hydrogen-bond donors (Lipinski definition) is 2. The molecule has 21 heavy (non-hydrogen) atoms. The second kappa shape index (κ2) is 7.84. The van der Waals surface area contributed by atoms with Crippen LogP contribution in [0, 0.1) is 0 Å². The molecule has 1 amide bonds. The second-order valence-electron chi connectivity index (χ2n) is 4.85. The molecule has 4 heteroatoms. The van der Waals surface area contributed by atoms with Gasteiger partial charge in [-0.1, -0.05) is 46.3 Å². The van der Waals surface area contributed by atoms with Gasteiger partial charge in [0, 0.05) is 16.6 Å². The number of carbonyl (C=O) groups excluding carboxylic acids is 1. The number of phenols is 1. The monoisotopic (exact) mass is 347 g/mol. The Kier molecular flexibility index (Phi) is 5.81. The summed E-state index contributed by atoms with van der Waals surface area (Å²) in [6, 6.07) is 14.8. The van der Waals surface area contributed by atoms with E-state index in [4.69, 9.17) is 0 Å². The van der Waals surface area contributed by atoms with Gasteiger partial charge in [0.2, 0.25) is 5.91 Å². The van der Waals surface area contributed by atoms with Crippen molar-refractivity contribution in [1.29, 1.82) is 0 Å². The molecule has 2 N–H and O–H groups in total. The van der Waals surface area contributed by atoms with Gasteiger partial charge in [-0.2, -0.15) is 0 Å². The van der Waals surface area contributed by atoms with Gasteiger partial charge in [-0.05, 0) is 36.6 Å². The molecule has 0 heterocycles. The molecule has 0 fully saturated rings. The molecule has 0 radical (unpaired) electrons. The average molecular weight is 348 g/mol. The Morgan fingerprint density at radius 3 is 2.71 bits per heavy atom. The lowest BCUT2D eigenvalue weighted by Gasteiger charge is -2.08. The summed E-state index contributed by atoms with van der Waals surface area (Å²) >= 11 is 3.42. The molecule has 2 aromatic rings. The first kappa shape index (κ1) is 15.6. The molecule has 0 bridgehead atoms. The highest BCUT2D eigenvalue weighted by atomic mass is 79.9. The first-order chi connectivity index (χ1) is 10.2. The zero-order chi connectivity index (χ0) is 15.1. The second-order valence-corrected chi connectivity index (χ2v) is 5.64. The van der Waals surface area contributed by atoms with E-state index >= 15 is 0 Å². The van der Waals surface area contributed by atoms with Crippen LogP contribution in [0.2, 0.25) is 0 Å². The van der Waals surface area contributed by atoms with Crippen LogP contribution in [0.5, 0.6) is 5.75 Å². The van der Waals surface area contributed by atoms with E-state index in [1.165, 1.54) is 5.56 Å². The van der Waals surface area contributed by atoms with Crippen molar-refractivity contribution in [2.45, 2.75) is 19.3 Å². The molecule has 0 saturated heterocycles. The van der Waals surface area contributed by atoms with E-state index in [9.17, 15) is 9.90 Å². The number of hydrogen-bond acceptors (Lipinski definition) is 2. The van der Waals surface area contributed by atoms with E-state index in [1.807, 2.05) is 24.3 Å². The fourth-order valence-electron chi connectivity index (χ4n) is 2.11. The number of phenolic OH excluding ortho intramolecular Hbond substituents is 1. The Morgan fingerprint density at radius 1 is 1.14 bits per heavy atom. The number of aromatic hydroxyl groups is 1. The number of para-hydroxylation sites is 1. The maximum atomic E-state index is 12.0. The number of aryl methyl sites for hydroxylation is 1. The number of carbonyl (C=O) groups is 1. The lowest BCUT2D eigenvalue weighted by Crippen LogP contribution is -2.14. The molecule has 0 unspecified atom stereocenters.